The fraction of sp³-hybridized carbons (Fsp3) is 0.348. The first-order chi connectivity index (χ1) is 14.9. The Labute approximate surface area is 181 Å². The number of Topliss-reactive ketones (excluding diaryl/α,β-unsaturated/α-hetero) is 1. The second-order valence-corrected chi connectivity index (χ2v) is 6.74. The second-order valence-electron chi connectivity index (χ2n) is 6.74. The van der Waals surface area contributed by atoms with Crippen molar-refractivity contribution in [1.29, 1.82) is 0 Å². The molecule has 0 fully saturated rings. The highest BCUT2D eigenvalue weighted by atomic mass is 16.5. The lowest BCUT2D eigenvalue weighted by atomic mass is 10.0. The number of ether oxygens (including phenoxy) is 3. The van der Waals surface area contributed by atoms with Crippen molar-refractivity contribution in [2.45, 2.75) is 33.1 Å². The number of carbonyl (C=O) groups excluding carboxylic acids is 3. The molecule has 0 heterocycles. The molecule has 0 aliphatic rings. The topological polar surface area (TPSA) is 111 Å². The number of carbonyl (C=O) groups is 3. The van der Waals surface area contributed by atoms with Gasteiger partial charge in [-0.3, -0.25) is 9.59 Å². The van der Waals surface area contributed by atoms with Crippen molar-refractivity contribution >= 4 is 23.3 Å². The molecule has 0 bridgehead atoms. The molecule has 0 aromatic heterocycles. The number of hydrogen-bond donors (Lipinski definition) is 2. The summed E-state index contributed by atoms with van der Waals surface area (Å²) in [6.07, 6.45) is 1.91. The maximum Gasteiger partial charge on any atom is 0.396 e. The Balaban J connectivity index is 1.93. The lowest BCUT2D eigenvalue weighted by Crippen LogP contribution is -2.24. The molecule has 0 saturated carbocycles. The molecule has 166 valence electrons. The fourth-order valence-electron chi connectivity index (χ4n) is 2.91. The van der Waals surface area contributed by atoms with Crippen LogP contribution >= 0.6 is 0 Å². The predicted octanol–water partition coefficient (Wildman–Crippen LogP) is 3.51. The Hall–Kier alpha value is -3.55. The Bertz CT molecular complexity index is 940. The number of aromatic hydroxyl groups is 1. The number of ketones is 1. The van der Waals surface area contributed by atoms with Crippen LogP contribution in [0, 0.1) is 0 Å². The van der Waals surface area contributed by atoms with Crippen molar-refractivity contribution in [2.24, 2.45) is 0 Å². The molecule has 0 radical (unpaired) electrons. The first-order valence-corrected chi connectivity index (χ1v) is 9.98. The summed E-state index contributed by atoms with van der Waals surface area (Å²) >= 11 is 0. The number of esters is 1. The van der Waals surface area contributed by atoms with Gasteiger partial charge in [0.1, 0.15) is 17.2 Å². The molecule has 0 aliphatic carbocycles. The van der Waals surface area contributed by atoms with Crippen LogP contribution in [0.5, 0.6) is 17.2 Å². The molecule has 8 nitrogen and oxygen atoms in total. The van der Waals surface area contributed by atoms with Gasteiger partial charge in [-0.15, -0.1) is 0 Å². The van der Waals surface area contributed by atoms with Gasteiger partial charge in [-0.05, 0) is 37.6 Å². The SMILES string of the molecule is CCCc1c(OCCCOc2ccccc2NC(=O)C(=O)OC)ccc(C(C)=O)c1O. The molecule has 2 N–H and O–H groups in total. The Kier molecular flexibility index (Phi) is 8.87. The summed E-state index contributed by atoms with van der Waals surface area (Å²) in [5.74, 6) is -1.17. The van der Waals surface area contributed by atoms with Crippen LogP contribution in [0.4, 0.5) is 5.69 Å². The van der Waals surface area contributed by atoms with Gasteiger partial charge in [0.25, 0.3) is 0 Å². The molecule has 0 saturated heterocycles. The number of hydrogen-bond acceptors (Lipinski definition) is 7. The number of para-hydroxylation sites is 2. The summed E-state index contributed by atoms with van der Waals surface area (Å²) < 4.78 is 15.9. The van der Waals surface area contributed by atoms with Crippen LogP contribution in [-0.4, -0.2) is 43.1 Å². The van der Waals surface area contributed by atoms with Gasteiger partial charge in [0.05, 0.1) is 31.6 Å². The van der Waals surface area contributed by atoms with Gasteiger partial charge in [0, 0.05) is 12.0 Å². The average molecular weight is 429 g/mol. The number of phenolic OH excluding ortho intramolecular Hbond substituents is 1. The minimum atomic E-state index is -0.995. The lowest BCUT2D eigenvalue weighted by molar-refractivity contribution is -0.150. The maximum absolute atomic E-state index is 11.7. The largest absolute Gasteiger partial charge is 0.507 e. The number of phenols is 1. The van der Waals surface area contributed by atoms with Gasteiger partial charge in [-0.1, -0.05) is 25.5 Å². The van der Waals surface area contributed by atoms with Gasteiger partial charge in [-0.25, -0.2) is 4.79 Å². The number of anilines is 1. The van der Waals surface area contributed by atoms with E-state index in [0.717, 1.165) is 13.5 Å². The van der Waals surface area contributed by atoms with E-state index in [1.807, 2.05) is 6.92 Å². The summed E-state index contributed by atoms with van der Waals surface area (Å²) in [4.78, 5) is 34.6. The van der Waals surface area contributed by atoms with Crippen LogP contribution in [0.2, 0.25) is 0 Å². The monoisotopic (exact) mass is 429 g/mol. The summed E-state index contributed by atoms with van der Waals surface area (Å²) in [7, 11) is 1.13. The fourth-order valence-corrected chi connectivity index (χ4v) is 2.91. The van der Waals surface area contributed by atoms with E-state index >= 15 is 0 Å². The van der Waals surface area contributed by atoms with Crippen LogP contribution in [0.1, 0.15) is 42.6 Å². The number of rotatable bonds is 10. The highest BCUT2D eigenvalue weighted by Gasteiger charge is 2.17. The highest BCUT2D eigenvalue weighted by molar-refractivity contribution is 6.37. The molecule has 0 spiro atoms. The van der Waals surface area contributed by atoms with Gasteiger partial charge in [0.2, 0.25) is 0 Å². The van der Waals surface area contributed by atoms with E-state index in [2.05, 4.69) is 10.1 Å². The molecule has 2 aromatic rings. The van der Waals surface area contributed by atoms with Crippen molar-refractivity contribution in [3.05, 3.63) is 47.5 Å². The highest BCUT2D eigenvalue weighted by Crippen LogP contribution is 2.33. The zero-order chi connectivity index (χ0) is 22.8. The smallest absolute Gasteiger partial charge is 0.396 e. The molecule has 1 amide bonds. The zero-order valence-electron chi connectivity index (χ0n) is 17.9. The first-order valence-electron chi connectivity index (χ1n) is 9.98. The van der Waals surface area contributed by atoms with E-state index in [1.165, 1.54) is 6.92 Å². The molecular formula is C23H27NO7. The van der Waals surface area contributed by atoms with Crippen LogP contribution in [-0.2, 0) is 20.7 Å². The van der Waals surface area contributed by atoms with Gasteiger partial charge in [0.15, 0.2) is 5.78 Å². The third-order valence-electron chi connectivity index (χ3n) is 4.43. The number of nitrogens with one attached hydrogen (secondary N) is 1. The summed E-state index contributed by atoms with van der Waals surface area (Å²) in [6.45, 7) is 4.01. The van der Waals surface area contributed by atoms with E-state index in [-0.39, 0.29) is 17.1 Å². The number of amides is 1. The maximum atomic E-state index is 11.7. The van der Waals surface area contributed by atoms with Crippen molar-refractivity contribution in [3.8, 4) is 17.2 Å². The van der Waals surface area contributed by atoms with E-state index in [1.54, 1.807) is 36.4 Å². The van der Waals surface area contributed by atoms with Crippen molar-refractivity contribution < 1.29 is 33.7 Å². The quantitative estimate of drug-likeness (QED) is 0.257. The van der Waals surface area contributed by atoms with Crippen LogP contribution in [0.3, 0.4) is 0 Å². The summed E-state index contributed by atoms with van der Waals surface area (Å²) in [5, 5.41) is 12.8. The van der Waals surface area contributed by atoms with Crippen molar-refractivity contribution in [1.82, 2.24) is 0 Å². The minimum absolute atomic E-state index is 0.0293. The molecule has 31 heavy (non-hydrogen) atoms. The van der Waals surface area contributed by atoms with Gasteiger partial charge >= 0.3 is 11.9 Å². The molecule has 2 aromatic carbocycles. The van der Waals surface area contributed by atoms with E-state index < -0.39 is 11.9 Å². The van der Waals surface area contributed by atoms with Crippen molar-refractivity contribution in [2.75, 3.05) is 25.6 Å². The molecule has 0 aliphatic heterocycles. The van der Waals surface area contributed by atoms with E-state index in [9.17, 15) is 19.5 Å². The van der Waals surface area contributed by atoms with Gasteiger partial charge < -0.3 is 24.6 Å². The van der Waals surface area contributed by atoms with Crippen LogP contribution in [0.25, 0.3) is 0 Å². The lowest BCUT2D eigenvalue weighted by Gasteiger charge is -2.15. The first kappa shape index (κ1) is 23.7. The predicted molar refractivity (Wildman–Crippen MR) is 115 cm³/mol. The third-order valence-corrected chi connectivity index (χ3v) is 4.43. The third kappa shape index (κ3) is 6.47. The number of methoxy groups -OCH3 is 1. The Morgan fingerprint density at radius 3 is 2.32 bits per heavy atom. The zero-order valence-corrected chi connectivity index (χ0v) is 17.9. The molecule has 0 atom stereocenters. The molecular weight excluding hydrogens is 402 g/mol. The number of benzene rings is 2. The van der Waals surface area contributed by atoms with E-state index in [4.69, 9.17) is 9.47 Å². The molecule has 8 heteroatoms. The minimum Gasteiger partial charge on any atom is -0.507 e. The Morgan fingerprint density at radius 2 is 1.68 bits per heavy atom. The van der Waals surface area contributed by atoms with Gasteiger partial charge in [-0.2, -0.15) is 0 Å². The summed E-state index contributed by atoms with van der Waals surface area (Å²) in [5.41, 5.74) is 1.26. The second kappa shape index (κ2) is 11.6. The van der Waals surface area contributed by atoms with Crippen molar-refractivity contribution in [3.63, 3.8) is 0 Å². The Morgan fingerprint density at radius 1 is 1.00 bits per heavy atom. The van der Waals surface area contributed by atoms with Crippen LogP contribution < -0.4 is 14.8 Å². The molecule has 2 rings (SSSR count). The van der Waals surface area contributed by atoms with E-state index in [0.29, 0.717) is 48.8 Å². The normalized spacial score (nSPS) is 10.3. The van der Waals surface area contributed by atoms with Crippen LogP contribution in [0.15, 0.2) is 36.4 Å². The average Bonchev–Trinajstić information content (AvgIpc) is 2.75. The standard InChI is InChI=1S/C23H27NO7/c1-4-8-17-19(12-11-16(15(2)25)21(17)26)30-13-7-14-31-20-10-6-5-9-18(20)24-22(27)23(28)29-3/h5-6,9-12,26H,4,7-8,13-14H2,1-3H3,(H,24,27). The molecule has 0 unspecified atom stereocenters. The summed E-state index contributed by atoms with van der Waals surface area (Å²) in [6, 6.07) is 9.99.